The van der Waals surface area contributed by atoms with Crippen molar-refractivity contribution >= 4 is 16.9 Å². The largest absolute Gasteiger partial charge is 0.502 e. The minimum atomic E-state index is -0.745. The van der Waals surface area contributed by atoms with E-state index < -0.39 is 10.8 Å². The summed E-state index contributed by atoms with van der Waals surface area (Å²) in [6.45, 7) is 4.47. The first-order valence-corrected chi connectivity index (χ1v) is 13.2. The van der Waals surface area contributed by atoms with Gasteiger partial charge in [-0.25, -0.2) is 4.98 Å². The lowest BCUT2D eigenvalue weighted by molar-refractivity contribution is -0.123. The van der Waals surface area contributed by atoms with E-state index in [0.29, 0.717) is 25.1 Å². The lowest BCUT2D eigenvalue weighted by Crippen LogP contribution is -2.45. The molecule has 0 spiro atoms. The number of aryl methyl sites for hydroxylation is 2. The van der Waals surface area contributed by atoms with Gasteiger partial charge in [0.2, 0.25) is 17.1 Å². The van der Waals surface area contributed by atoms with Gasteiger partial charge in [0, 0.05) is 37.4 Å². The van der Waals surface area contributed by atoms with Gasteiger partial charge < -0.3 is 19.8 Å². The lowest BCUT2D eigenvalue weighted by Gasteiger charge is -2.41. The Morgan fingerprint density at radius 3 is 2.63 bits per heavy atom. The molecular formula is C30H34N4O4. The van der Waals surface area contributed by atoms with Gasteiger partial charge in [0.25, 0.3) is 0 Å². The average molecular weight is 515 g/mol. The summed E-state index contributed by atoms with van der Waals surface area (Å²) in [5.41, 5.74) is 1.96. The van der Waals surface area contributed by atoms with E-state index in [2.05, 4.69) is 32.3 Å². The van der Waals surface area contributed by atoms with Crippen molar-refractivity contribution in [1.29, 1.82) is 0 Å². The fourth-order valence-corrected chi connectivity index (χ4v) is 5.41. The van der Waals surface area contributed by atoms with Crippen LogP contribution in [-0.2, 0) is 23.2 Å². The highest BCUT2D eigenvalue weighted by Crippen LogP contribution is 2.42. The number of carbonyl (C=O) groups excluding carboxylic acids is 1. The van der Waals surface area contributed by atoms with Crippen molar-refractivity contribution in [2.24, 2.45) is 0 Å². The number of carbonyl (C=O) groups is 1. The van der Waals surface area contributed by atoms with Crippen LogP contribution in [0.15, 0.2) is 69.9 Å². The van der Waals surface area contributed by atoms with Gasteiger partial charge in [0.15, 0.2) is 5.76 Å². The maximum atomic E-state index is 13.1. The van der Waals surface area contributed by atoms with E-state index in [1.807, 2.05) is 42.5 Å². The topological polar surface area (TPSA) is 111 Å². The maximum Gasteiger partial charge on any atom is 0.227 e. The average Bonchev–Trinajstić information content (AvgIpc) is 3.33. The molecule has 0 unspecified atom stereocenters. The number of likely N-dealkylation sites (tertiary alicyclic amines) is 1. The van der Waals surface area contributed by atoms with Crippen molar-refractivity contribution in [3.63, 3.8) is 0 Å². The van der Waals surface area contributed by atoms with Crippen LogP contribution >= 0.6 is 0 Å². The Morgan fingerprint density at radius 2 is 1.87 bits per heavy atom. The minimum absolute atomic E-state index is 0.116. The summed E-state index contributed by atoms with van der Waals surface area (Å²) in [5, 5.41) is 13.7. The minimum Gasteiger partial charge on any atom is -0.502 e. The van der Waals surface area contributed by atoms with Gasteiger partial charge in [0.1, 0.15) is 11.6 Å². The molecule has 5 rings (SSSR count). The quantitative estimate of drug-likeness (QED) is 0.289. The van der Waals surface area contributed by atoms with Crippen molar-refractivity contribution in [1.82, 2.24) is 20.2 Å². The molecule has 1 saturated heterocycles. The number of para-hydroxylation sites is 2. The van der Waals surface area contributed by atoms with Crippen LogP contribution < -0.4 is 10.7 Å². The number of nitrogens with zero attached hydrogens (tertiary/aromatic N) is 2. The Labute approximate surface area is 221 Å². The summed E-state index contributed by atoms with van der Waals surface area (Å²) in [5.74, 6) is 1.06. The molecule has 0 bridgehead atoms. The zero-order valence-corrected chi connectivity index (χ0v) is 21.7. The van der Waals surface area contributed by atoms with Crippen LogP contribution in [0.4, 0.5) is 0 Å². The number of imidazole rings is 1. The number of H-pyrrole nitrogens is 1. The molecule has 3 N–H and O–H groups in total. The van der Waals surface area contributed by atoms with Crippen molar-refractivity contribution in [3.8, 4) is 5.75 Å². The molecule has 0 radical (unpaired) electrons. The van der Waals surface area contributed by atoms with E-state index in [1.54, 1.807) is 6.92 Å². The number of rotatable bonds is 9. The number of amides is 1. The van der Waals surface area contributed by atoms with Crippen LogP contribution in [0.1, 0.15) is 48.6 Å². The van der Waals surface area contributed by atoms with E-state index >= 15 is 0 Å². The molecule has 8 heteroatoms. The first kappa shape index (κ1) is 25.7. The number of benzene rings is 2. The Bertz CT molecular complexity index is 1420. The summed E-state index contributed by atoms with van der Waals surface area (Å²) >= 11 is 0. The summed E-state index contributed by atoms with van der Waals surface area (Å²) in [6, 6.07) is 19.5. The number of hydrogen-bond donors (Lipinski definition) is 3. The van der Waals surface area contributed by atoms with Crippen LogP contribution in [0.3, 0.4) is 0 Å². The number of hydrogen-bond acceptors (Lipinski definition) is 6. The molecule has 2 aromatic heterocycles. The number of nitrogens with one attached hydrogen (secondary N) is 2. The third-order valence-corrected chi connectivity index (χ3v) is 7.44. The molecule has 198 valence electrons. The van der Waals surface area contributed by atoms with Crippen LogP contribution in [0.25, 0.3) is 11.0 Å². The molecule has 8 nitrogen and oxygen atoms in total. The highest BCUT2D eigenvalue weighted by molar-refractivity contribution is 5.77. The van der Waals surface area contributed by atoms with E-state index in [4.69, 9.17) is 4.42 Å². The molecule has 0 atom stereocenters. The van der Waals surface area contributed by atoms with Gasteiger partial charge in [-0.05, 0) is 57.0 Å². The predicted octanol–water partition coefficient (Wildman–Crippen LogP) is 4.20. The normalized spacial score (nSPS) is 15.5. The van der Waals surface area contributed by atoms with Gasteiger partial charge in [-0.3, -0.25) is 14.5 Å². The molecule has 38 heavy (non-hydrogen) atoms. The Hall–Kier alpha value is -3.91. The summed E-state index contributed by atoms with van der Waals surface area (Å²) in [6.07, 6.45) is 2.82. The number of aromatic hydroxyl groups is 1. The van der Waals surface area contributed by atoms with Gasteiger partial charge in [-0.15, -0.1) is 0 Å². The Kier molecular flexibility index (Phi) is 7.60. The molecule has 2 aromatic carbocycles. The van der Waals surface area contributed by atoms with Gasteiger partial charge >= 0.3 is 0 Å². The standard InChI is InChI=1S/C30H34N4O4/c1-21-18-25(35)28(37)29(38-21)30(13-16-34(17-14-30)20-22-8-3-2-4-9-22)19-27(36)31-15-7-12-26-32-23-10-5-6-11-24(23)33-26/h2-6,8-11,18,37H,7,12-17,19-20H2,1H3,(H,31,36)(H,32,33). The summed E-state index contributed by atoms with van der Waals surface area (Å²) in [7, 11) is 0. The highest BCUT2D eigenvalue weighted by atomic mass is 16.4. The second kappa shape index (κ2) is 11.2. The molecule has 4 aromatic rings. The van der Waals surface area contributed by atoms with Crippen molar-refractivity contribution < 1.29 is 14.3 Å². The molecule has 0 aliphatic carbocycles. The monoisotopic (exact) mass is 514 g/mol. The van der Waals surface area contributed by atoms with Gasteiger partial charge in [-0.2, -0.15) is 0 Å². The fourth-order valence-electron chi connectivity index (χ4n) is 5.41. The van der Waals surface area contributed by atoms with Crippen molar-refractivity contribution in [2.75, 3.05) is 19.6 Å². The van der Waals surface area contributed by atoms with E-state index in [-0.39, 0.29) is 23.8 Å². The van der Waals surface area contributed by atoms with Gasteiger partial charge in [0.05, 0.1) is 11.0 Å². The summed E-state index contributed by atoms with van der Waals surface area (Å²) < 4.78 is 5.94. The van der Waals surface area contributed by atoms with Crippen LogP contribution in [0.5, 0.6) is 5.75 Å². The fraction of sp³-hybridized carbons (Fsp3) is 0.367. The molecule has 1 amide bonds. The summed E-state index contributed by atoms with van der Waals surface area (Å²) in [4.78, 5) is 35.8. The number of fused-ring (bicyclic) bond motifs is 1. The Morgan fingerprint density at radius 1 is 1.13 bits per heavy atom. The lowest BCUT2D eigenvalue weighted by atomic mass is 9.72. The van der Waals surface area contributed by atoms with Gasteiger partial charge in [-0.1, -0.05) is 42.5 Å². The molecule has 0 saturated carbocycles. The molecule has 1 fully saturated rings. The zero-order chi connectivity index (χ0) is 26.5. The van der Waals surface area contributed by atoms with Crippen molar-refractivity contribution in [2.45, 2.75) is 51.0 Å². The zero-order valence-electron chi connectivity index (χ0n) is 21.7. The molecular weight excluding hydrogens is 480 g/mol. The molecule has 1 aliphatic rings. The highest BCUT2D eigenvalue weighted by Gasteiger charge is 2.43. The van der Waals surface area contributed by atoms with Crippen LogP contribution in [-0.4, -0.2) is 45.5 Å². The number of aromatic nitrogens is 2. The predicted molar refractivity (Wildman–Crippen MR) is 146 cm³/mol. The first-order valence-electron chi connectivity index (χ1n) is 13.2. The maximum absolute atomic E-state index is 13.1. The SMILES string of the molecule is Cc1cc(=O)c(O)c(C2(CC(=O)NCCCc3nc4ccccc4[nH]3)CCN(Cc3ccccc3)CC2)o1. The van der Waals surface area contributed by atoms with E-state index in [1.165, 1.54) is 11.6 Å². The smallest absolute Gasteiger partial charge is 0.227 e. The first-order chi connectivity index (χ1) is 18.4. The van der Waals surface area contributed by atoms with Crippen LogP contribution in [0, 0.1) is 6.92 Å². The third-order valence-electron chi connectivity index (χ3n) is 7.44. The van der Waals surface area contributed by atoms with Crippen molar-refractivity contribution in [3.05, 3.63) is 93.8 Å². The molecule has 3 heterocycles. The van der Waals surface area contributed by atoms with E-state index in [9.17, 15) is 14.7 Å². The second-order valence-electron chi connectivity index (χ2n) is 10.3. The van der Waals surface area contributed by atoms with Crippen LogP contribution in [0.2, 0.25) is 0 Å². The number of aromatic amines is 1. The van der Waals surface area contributed by atoms with E-state index in [0.717, 1.165) is 49.3 Å². The Balaban J connectivity index is 1.24. The number of piperidine rings is 1. The second-order valence-corrected chi connectivity index (χ2v) is 10.3. The third kappa shape index (κ3) is 5.81. The molecule has 1 aliphatic heterocycles.